The van der Waals surface area contributed by atoms with Gasteiger partial charge in [-0.05, 0) is 37.6 Å². The zero-order chi connectivity index (χ0) is 21.8. The van der Waals surface area contributed by atoms with Gasteiger partial charge in [-0.2, -0.15) is 0 Å². The fourth-order valence-electron chi connectivity index (χ4n) is 3.38. The number of hydrogen-bond donors (Lipinski definition) is 1. The molecular formula is C22H26N4O4. The van der Waals surface area contributed by atoms with Crippen LogP contribution in [0.5, 0.6) is 11.5 Å². The van der Waals surface area contributed by atoms with E-state index in [0.29, 0.717) is 47.2 Å². The number of carbonyl (C=O) groups is 2. The number of benzene rings is 1. The lowest BCUT2D eigenvalue weighted by Gasteiger charge is -2.20. The lowest BCUT2D eigenvalue weighted by atomic mass is 10.2. The molecule has 158 valence electrons. The molecule has 1 aromatic carbocycles. The number of imidazole rings is 1. The molecule has 8 heteroatoms. The molecule has 0 aliphatic carbocycles. The lowest BCUT2D eigenvalue weighted by molar-refractivity contribution is -0.116. The van der Waals surface area contributed by atoms with Gasteiger partial charge in [-0.3, -0.25) is 18.9 Å². The third-order valence-electron chi connectivity index (χ3n) is 4.85. The van der Waals surface area contributed by atoms with Gasteiger partial charge in [0.2, 0.25) is 5.91 Å². The number of aromatic nitrogens is 2. The highest BCUT2D eigenvalue weighted by molar-refractivity contribution is 6.04. The molecule has 3 rings (SSSR count). The van der Waals surface area contributed by atoms with Gasteiger partial charge in [0.25, 0.3) is 5.91 Å². The van der Waals surface area contributed by atoms with Crippen molar-refractivity contribution in [3.63, 3.8) is 0 Å². The molecule has 0 atom stereocenters. The number of methoxy groups -OCH3 is 2. The van der Waals surface area contributed by atoms with E-state index >= 15 is 0 Å². The van der Waals surface area contributed by atoms with E-state index in [4.69, 9.17) is 9.47 Å². The molecule has 0 saturated heterocycles. The van der Waals surface area contributed by atoms with Crippen LogP contribution >= 0.6 is 0 Å². The van der Waals surface area contributed by atoms with Crippen molar-refractivity contribution in [3.8, 4) is 11.5 Å². The van der Waals surface area contributed by atoms with Crippen molar-refractivity contribution in [1.29, 1.82) is 0 Å². The van der Waals surface area contributed by atoms with Crippen LogP contribution in [-0.4, -0.2) is 42.0 Å². The third-order valence-corrected chi connectivity index (χ3v) is 4.85. The first kappa shape index (κ1) is 21.2. The molecule has 1 N–H and O–H groups in total. The van der Waals surface area contributed by atoms with Gasteiger partial charge in [-0.15, -0.1) is 0 Å². The maximum Gasteiger partial charge on any atom is 0.257 e. The summed E-state index contributed by atoms with van der Waals surface area (Å²) < 4.78 is 12.3. The number of aryl methyl sites for hydroxylation is 1. The van der Waals surface area contributed by atoms with Crippen molar-refractivity contribution < 1.29 is 19.1 Å². The highest BCUT2D eigenvalue weighted by atomic mass is 16.5. The quantitative estimate of drug-likeness (QED) is 0.644. The number of hydrogen-bond acceptors (Lipinski definition) is 5. The summed E-state index contributed by atoms with van der Waals surface area (Å²) in [6.45, 7) is 5.94. The number of amides is 2. The number of carbonyl (C=O) groups excluding carboxylic acids is 2. The van der Waals surface area contributed by atoms with Crippen molar-refractivity contribution in [2.24, 2.45) is 0 Å². The predicted octanol–water partition coefficient (Wildman–Crippen LogP) is 3.54. The standard InChI is InChI=1S/C22H26N4O4/c1-6-17-22(25(7-2)14(3)27)26-13-15(8-11-20(26)24-17)21(28)23-16-9-10-18(29-4)19(12-16)30-5/h8-13H,6-7H2,1-5H3,(H,23,28). The second-order valence-electron chi connectivity index (χ2n) is 6.67. The molecule has 0 bridgehead atoms. The highest BCUT2D eigenvalue weighted by Gasteiger charge is 2.20. The van der Waals surface area contributed by atoms with Crippen molar-refractivity contribution in [2.45, 2.75) is 27.2 Å². The molecule has 30 heavy (non-hydrogen) atoms. The molecule has 2 amide bonds. The number of anilines is 2. The smallest absolute Gasteiger partial charge is 0.257 e. The summed E-state index contributed by atoms with van der Waals surface area (Å²) in [6, 6.07) is 8.66. The summed E-state index contributed by atoms with van der Waals surface area (Å²) in [5, 5.41) is 2.87. The Hall–Kier alpha value is -3.55. The summed E-state index contributed by atoms with van der Waals surface area (Å²) in [4.78, 5) is 31.3. The van der Waals surface area contributed by atoms with Gasteiger partial charge in [0.05, 0.1) is 25.5 Å². The molecule has 0 fully saturated rings. The Morgan fingerprint density at radius 1 is 1.10 bits per heavy atom. The average molecular weight is 410 g/mol. The number of nitrogens with one attached hydrogen (secondary N) is 1. The molecule has 2 aromatic heterocycles. The third kappa shape index (κ3) is 3.94. The van der Waals surface area contributed by atoms with E-state index in [1.807, 2.05) is 13.8 Å². The Morgan fingerprint density at radius 2 is 1.83 bits per heavy atom. The zero-order valence-electron chi connectivity index (χ0n) is 17.9. The molecule has 0 aliphatic rings. The van der Waals surface area contributed by atoms with Crippen molar-refractivity contribution >= 4 is 29.0 Å². The Balaban J connectivity index is 1.98. The van der Waals surface area contributed by atoms with Crippen LogP contribution in [0.15, 0.2) is 36.5 Å². The van der Waals surface area contributed by atoms with Gasteiger partial charge in [0.1, 0.15) is 11.5 Å². The van der Waals surface area contributed by atoms with Crippen molar-refractivity contribution in [2.75, 3.05) is 31.0 Å². The first-order valence-electron chi connectivity index (χ1n) is 9.75. The van der Waals surface area contributed by atoms with E-state index in [9.17, 15) is 9.59 Å². The molecule has 0 saturated carbocycles. The van der Waals surface area contributed by atoms with Crippen LogP contribution in [-0.2, 0) is 11.2 Å². The fraction of sp³-hybridized carbons (Fsp3) is 0.318. The monoisotopic (exact) mass is 410 g/mol. The summed E-state index contributed by atoms with van der Waals surface area (Å²) in [5.74, 6) is 1.44. The van der Waals surface area contributed by atoms with Crippen LogP contribution in [0.4, 0.5) is 11.5 Å². The summed E-state index contributed by atoms with van der Waals surface area (Å²) in [7, 11) is 3.09. The van der Waals surface area contributed by atoms with Gasteiger partial charge >= 0.3 is 0 Å². The number of ether oxygens (including phenoxy) is 2. The maximum absolute atomic E-state index is 12.9. The second kappa shape index (κ2) is 8.86. The maximum atomic E-state index is 12.9. The largest absolute Gasteiger partial charge is 0.493 e. The van der Waals surface area contributed by atoms with Crippen LogP contribution < -0.4 is 19.7 Å². The van der Waals surface area contributed by atoms with E-state index in [0.717, 1.165) is 5.69 Å². The highest BCUT2D eigenvalue weighted by Crippen LogP contribution is 2.30. The molecule has 0 radical (unpaired) electrons. The van der Waals surface area contributed by atoms with E-state index < -0.39 is 0 Å². The lowest BCUT2D eigenvalue weighted by Crippen LogP contribution is -2.30. The second-order valence-corrected chi connectivity index (χ2v) is 6.67. The molecule has 3 aromatic rings. The van der Waals surface area contributed by atoms with Gasteiger partial charge in [0, 0.05) is 31.4 Å². The van der Waals surface area contributed by atoms with Crippen LogP contribution in [0.2, 0.25) is 0 Å². The summed E-state index contributed by atoms with van der Waals surface area (Å²) in [5.41, 5.74) is 2.52. The van der Waals surface area contributed by atoms with Crippen LogP contribution in [0.25, 0.3) is 5.65 Å². The van der Waals surface area contributed by atoms with Crippen LogP contribution in [0.3, 0.4) is 0 Å². The predicted molar refractivity (Wildman–Crippen MR) is 116 cm³/mol. The Labute approximate surface area is 175 Å². The van der Waals surface area contributed by atoms with E-state index in [1.54, 1.807) is 52.9 Å². The first-order chi connectivity index (χ1) is 14.4. The normalized spacial score (nSPS) is 10.7. The first-order valence-corrected chi connectivity index (χ1v) is 9.75. The molecule has 0 unspecified atom stereocenters. The van der Waals surface area contributed by atoms with Gasteiger partial charge in [-0.25, -0.2) is 4.98 Å². The van der Waals surface area contributed by atoms with E-state index in [-0.39, 0.29) is 11.8 Å². The number of nitrogens with zero attached hydrogens (tertiary/aromatic N) is 3. The minimum Gasteiger partial charge on any atom is -0.493 e. The molecule has 0 aliphatic heterocycles. The topological polar surface area (TPSA) is 85.2 Å². The van der Waals surface area contributed by atoms with Crippen molar-refractivity contribution in [1.82, 2.24) is 9.38 Å². The molecule has 8 nitrogen and oxygen atoms in total. The molecule has 2 heterocycles. The molecule has 0 spiro atoms. The van der Waals surface area contributed by atoms with Crippen molar-refractivity contribution in [3.05, 3.63) is 47.8 Å². The Bertz CT molecular complexity index is 1090. The minimum absolute atomic E-state index is 0.0748. The Kier molecular flexibility index (Phi) is 6.25. The Morgan fingerprint density at radius 3 is 2.43 bits per heavy atom. The average Bonchev–Trinajstić information content (AvgIpc) is 3.11. The van der Waals surface area contributed by atoms with Crippen LogP contribution in [0.1, 0.15) is 36.8 Å². The van der Waals surface area contributed by atoms with Crippen LogP contribution in [0, 0.1) is 0 Å². The number of rotatable bonds is 7. The molecular weight excluding hydrogens is 384 g/mol. The minimum atomic E-state index is -0.285. The summed E-state index contributed by atoms with van der Waals surface area (Å²) >= 11 is 0. The van der Waals surface area contributed by atoms with Gasteiger partial charge in [-0.1, -0.05) is 6.92 Å². The van der Waals surface area contributed by atoms with E-state index in [1.165, 1.54) is 14.0 Å². The van der Waals surface area contributed by atoms with Gasteiger partial charge in [0.15, 0.2) is 11.5 Å². The number of pyridine rings is 1. The SMILES string of the molecule is CCc1nc2ccc(C(=O)Nc3ccc(OC)c(OC)c3)cn2c1N(CC)C(C)=O. The fourth-order valence-corrected chi connectivity index (χ4v) is 3.38. The van der Waals surface area contributed by atoms with E-state index in [2.05, 4.69) is 10.3 Å². The zero-order valence-corrected chi connectivity index (χ0v) is 17.9. The van der Waals surface area contributed by atoms with Gasteiger partial charge < -0.3 is 14.8 Å². The summed E-state index contributed by atoms with van der Waals surface area (Å²) in [6.07, 6.45) is 2.38. The number of fused-ring (bicyclic) bond motifs is 1.